The summed E-state index contributed by atoms with van der Waals surface area (Å²) in [5.41, 5.74) is 7.27. The summed E-state index contributed by atoms with van der Waals surface area (Å²) in [6, 6.07) is 14.3. The first-order chi connectivity index (χ1) is 9.67. The van der Waals surface area contributed by atoms with E-state index in [0.717, 1.165) is 16.9 Å². The molecule has 104 valence electrons. The van der Waals surface area contributed by atoms with Crippen molar-refractivity contribution < 1.29 is 15.1 Å². The van der Waals surface area contributed by atoms with E-state index in [2.05, 4.69) is 5.16 Å². The topological polar surface area (TPSA) is 88.1 Å². The molecule has 0 fully saturated rings. The predicted molar refractivity (Wildman–Crippen MR) is 76.0 cm³/mol. The largest absolute Gasteiger partial charge is 0.508 e. The number of nitrogens with two attached hydrogens (primary N) is 1. The standard InChI is InChI=1S/C15H16N2O3/c16-15(17-19)9-11-4-6-14(7-5-11)20-10-12-2-1-3-13(18)8-12/h1-8,18-19H,9-10H2,(H2,16,17). The van der Waals surface area contributed by atoms with Crippen LogP contribution in [-0.4, -0.2) is 16.1 Å². The first-order valence-corrected chi connectivity index (χ1v) is 6.13. The fraction of sp³-hybridized carbons (Fsp3) is 0.133. The van der Waals surface area contributed by atoms with E-state index in [1.54, 1.807) is 18.2 Å². The number of hydrogen-bond acceptors (Lipinski definition) is 4. The number of nitrogens with zero attached hydrogens (tertiary/aromatic N) is 1. The number of benzene rings is 2. The van der Waals surface area contributed by atoms with Crippen LogP contribution >= 0.6 is 0 Å². The zero-order valence-corrected chi connectivity index (χ0v) is 10.9. The van der Waals surface area contributed by atoms with E-state index >= 15 is 0 Å². The maximum absolute atomic E-state index is 9.35. The summed E-state index contributed by atoms with van der Waals surface area (Å²) in [6.07, 6.45) is 0.392. The number of aromatic hydroxyl groups is 1. The van der Waals surface area contributed by atoms with Crippen molar-refractivity contribution in [2.24, 2.45) is 10.9 Å². The predicted octanol–water partition coefficient (Wildman–Crippen LogP) is 2.26. The quantitative estimate of drug-likeness (QED) is 0.337. The number of ether oxygens (including phenoxy) is 1. The van der Waals surface area contributed by atoms with Crippen molar-refractivity contribution in [2.75, 3.05) is 0 Å². The van der Waals surface area contributed by atoms with Crippen LogP contribution in [0.25, 0.3) is 0 Å². The Balaban J connectivity index is 1.94. The van der Waals surface area contributed by atoms with Gasteiger partial charge in [-0.1, -0.05) is 29.4 Å². The Morgan fingerprint density at radius 3 is 2.50 bits per heavy atom. The molecular formula is C15H16N2O3. The van der Waals surface area contributed by atoms with Gasteiger partial charge in [-0.15, -0.1) is 0 Å². The van der Waals surface area contributed by atoms with Crippen LogP contribution in [0.1, 0.15) is 11.1 Å². The Labute approximate surface area is 116 Å². The summed E-state index contributed by atoms with van der Waals surface area (Å²) in [4.78, 5) is 0. The molecule has 0 aliphatic heterocycles. The Morgan fingerprint density at radius 1 is 1.10 bits per heavy atom. The summed E-state index contributed by atoms with van der Waals surface area (Å²) in [6.45, 7) is 0.383. The molecule has 0 atom stereocenters. The van der Waals surface area contributed by atoms with Gasteiger partial charge in [-0.25, -0.2) is 0 Å². The highest BCUT2D eigenvalue weighted by Crippen LogP contribution is 2.16. The van der Waals surface area contributed by atoms with E-state index in [1.165, 1.54) is 0 Å². The van der Waals surface area contributed by atoms with Crippen LogP contribution < -0.4 is 10.5 Å². The lowest BCUT2D eigenvalue weighted by Crippen LogP contribution is -2.14. The minimum Gasteiger partial charge on any atom is -0.508 e. The van der Waals surface area contributed by atoms with Gasteiger partial charge in [0.2, 0.25) is 0 Å². The summed E-state index contributed by atoms with van der Waals surface area (Å²) in [5, 5.41) is 20.8. The Bertz CT molecular complexity index is 594. The number of hydrogen-bond donors (Lipinski definition) is 3. The van der Waals surface area contributed by atoms with Crippen molar-refractivity contribution >= 4 is 5.84 Å². The van der Waals surface area contributed by atoms with E-state index in [0.29, 0.717) is 13.0 Å². The summed E-state index contributed by atoms with van der Waals surface area (Å²) in [7, 11) is 0. The lowest BCUT2D eigenvalue weighted by Gasteiger charge is -2.07. The molecule has 0 unspecified atom stereocenters. The molecule has 0 aliphatic carbocycles. The molecule has 20 heavy (non-hydrogen) atoms. The molecule has 5 heteroatoms. The number of rotatable bonds is 5. The third-order valence-electron chi connectivity index (χ3n) is 2.75. The number of phenols is 1. The maximum Gasteiger partial charge on any atom is 0.143 e. The minimum atomic E-state index is 0.165. The van der Waals surface area contributed by atoms with Gasteiger partial charge in [0.25, 0.3) is 0 Å². The SMILES string of the molecule is N/C(Cc1ccc(OCc2cccc(O)c2)cc1)=N/O. The van der Waals surface area contributed by atoms with Crippen molar-refractivity contribution in [2.45, 2.75) is 13.0 Å². The zero-order chi connectivity index (χ0) is 14.4. The van der Waals surface area contributed by atoms with Crippen LogP contribution in [0.2, 0.25) is 0 Å². The van der Waals surface area contributed by atoms with E-state index in [4.69, 9.17) is 15.7 Å². The van der Waals surface area contributed by atoms with Gasteiger partial charge in [0, 0.05) is 6.42 Å². The molecule has 0 aliphatic rings. The van der Waals surface area contributed by atoms with Gasteiger partial charge in [0.1, 0.15) is 23.9 Å². The molecule has 0 aromatic heterocycles. The number of oxime groups is 1. The van der Waals surface area contributed by atoms with E-state index < -0.39 is 0 Å². The van der Waals surface area contributed by atoms with Gasteiger partial charge in [-0.3, -0.25) is 0 Å². The second-order valence-electron chi connectivity index (χ2n) is 4.37. The molecule has 0 saturated carbocycles. The highest BCUT2D eigenvalue weighted by molar-refractivity contribution is 5.82. The third kappa shape index (κ3) is 3.91. The van der Waals surface area contributed by atoms with Crippen LogP contribution in [0.4, 0.5) is 0 Å². The molecule has 0 spiro atoms. The van der Waals surface area contributed by atoms with Crippen molar-refractivity contribution in [3.05, 3.63) is 59.7 Å². The van der Waals surface area contributed by atoms with E-state index in [-0.39, 0.29) is 11.6 Å². The highest BCUT2D eigenvalue weighted by Gasteiger charge is 2.00. The molecule has 5 nitrogen and oxygen atoms in total. The molecule has 0 radical (unpaired) electrons. The van der Waals surface area contributed by atoms with Crippen LogP contribution in [-0.2, 0) is 13.0 Å². The minimum absolute atomic E-state index is 0.165. The van der Waals surface area contributed by atoms with Gasteiger partial charge in [0.15, 0.2) is 0 Å². The van der Waals surface area contributed by atoms with Crippen LogP contribution in [0.5, 0.6) is 11.5 Å². The van der Waals surface area contributed by atoms with E-state index in [9.17, 15) is 5.11 Å². The average molecular weight is 272 g/mol. The van der Waals surface area contributed by atoms with Crippen molar-refractivity contribution in [1.29, 1.82) is 0 Å². The molecule has 2 rings (SSSR count). The molecule has 0 heterocycles. The average Bonchev–Trinajstić information content (AvgIpc) is 2.46. The zero-order valence-electron chi connectivity index (χ0n) is 10.9. The van der Waals surface area contributed by atoms with Gasteiger partial charge in [-0.2, -0.15) is 0 Å². The third-order valence-corrected chi connectivity index (χ3v) is 2.75. The van der Waals surface area contributed by atoms with Crippen LogP contribution in [0.3, 0.4) is 0 Å². The Kier molecular flexibility index (Phi) is 4.44. The molecule has 4 N–H and O–H groups in total. The lowest BCUT2D eigenvalue weighted by atomic mass is 10.1. The first-order valence-electron chi connectivity index (χ1n) is 6.13. The van der Waals surface area contributed by atoms with Gasteiger partial charge < -0.3 is 20.8 Å². The molecule has 0 bridgehead atoms. The Hall–Kier alpha value is -2.69. The maximum atomic E-state index is 9.35. The van der Waals surface area contributed by atoms with Crippen molar-refractivity contribution in [3.8, 4) is 11.5 Å². The molecule has 2 aromatic carbocycles. The molecule has 0 amide bonds. The normalized spacial score (nSPS) is 11.3. The number of amidine groups is 1. The summed E-state index contributed by atoms with van der Waals surface area (Å²) in [5.74, 6) is 1.11. The van der Waals surface area contributed by atoms with Crippen LogP contribution in [0.15, 0.2) is 53.7 Å². The second-order valence-corrected chi connectivity index (χ2v) is 4.37. The second kappa shape index (κ2) is 6.47. The highest BCUT2D eigenvalue weighted by atomic mass is 16.5. The monoisotopic (exact) mass is 272 g/mol. The first kappa shape index (κ1) is 13.7. The van der Waals surface area contributed by atoms with Crippen molar-refractivity contribution in [3.63, 3.8) is 0 Å². The Morgan fingerprint density at radius 2 is 1.85 bits per heavy atom. The molecular weight excluding hydrogens is 256 g/mol. The number of phenolic OH excluding ortho intramolecular Hbond substituents is 1. The lowest BCUT2D eigenvalue weighted by molar-refractivity contribution is 0.305. The summed E-state index contributed by atoms with van der Waals surface area (Å²) < 4.78 is 5.61. The van der Waals surface area contributed by atoms with Crippen LogP contribution in [0, 0.1) is 0 Å². The molecule has 2 aromatic rings. The summed E-state index contributed by atoms with van der Waals surface area (Å²) >= 11 is 0. The smallest absolute Gasteiger partial charge is 0.143 e. The van der Waals surface area contributed by atoms with Gasteiger partial charge in [-0.05, 0) is 35.4 Å². The van der Waals surface area contributed by atoms with Gasteiger partial charge >= 0.3 is 0 Å². The fourth-order valence-corrected chi connectivity index (χ4v) is 1.76. The molecule has 0 saturated heterocycles. The van der Waals surface area contributed by atoms with Gasteiger partial charge in [0.05, 0.1) is 0 Å². The fourth-order valence-electron chi connectivity index (χ4n) is 1.76. The van der Waals surface area contributed by atoms with Crippen molar-refractivity contribution in [1.82, 2.24) is 0 Å². The van der Waals surface area contributed by atoms with E-state index in [1.807, 2.05) is 30.3 Å².